The molecule has 1 nitrogen and oxygen atoms in total. The van der Waals surface area contributed by atoms with E-state index in [0.29, 0.717) is 5.41 Å². The Kier molecular flexibility index (Phi) is 3.36. The molecule has 0 spiro atoms. The van der Waals surface area contributed by atoms with Gasteiger partial charge in [0.2, 0.25) is 0 Å². The standard InChI is InChI=1S/C21H34N/c1-13-10-15-12-20(2,3)11-14-6-7-17-19(18(14)15)16(13)8-9-21(17,4)22-5/h11,13,15-19H,6-10,12H2,1-5H3/q-1/t13-,15-,16+,17-,18-,19+,21-/m0/s1. The quantitative estimate of drug-likeness (QED) is 0.542. The smallest absolute Gasteiger partial charge is 0.0141 e. The Labute approximate surface area is 137 Å². The fourth-order valence-corrected chi connectivity index (χ4v) is 7.28. The van der Waals surface area contributed by atoms with Crippen LogP contribution >= 0.6 is 0 Å². The van der Waals surface area contributed by atoms with Gasteiger partial charge in [-0.1, -0.05) is 58.1 Å². The molecule has 4 aliphatic carbocycles. The van der Waals surface area contributed by atoms with Crippen LogP contribution in [0.4, 0.5) is 0 Å². The molecule has 0 amide bonds. The average molecular weight is 301 g/mol. The highest BCUT2D eigenvalue weighted by Gasteiger charge is 2.55. The van der Waals surface area contributed by atoms with Crippen LogP contribution in [0.3, 0.4) is 0 Å². The first kappa shape index (κ1) is 15.2. The van der Waals surface area contributed by atoms with Gasteiger partial charge in [0.1, 0.15) is 0 Å². The molecule has 0 aromatic heterocycles. The first-order chi connectivity index (χ1) is 10.3. The lowest BCUT2D eigenvalue weighted by atomic mass is 9.44. The van der Waals surface area contributed by atoms with Crippen molar-refractivity contribution in [3.63, 3.8) is 0 Å². The van der Waals surface area contributed by atoms with Crippen molar-refractivity contribution in [2.45, 2.75) is 71.8 Å². The van der Waals surface area contributed by atoms with E-state index in [1.165, 1.54) is 38.5 Å². The van der Waals surface area contributed by atoms with Crippen molar-refractivity contribution in [2.24, 2.45) is 40.9 Å². The summed E-state index contributed by atoms with van der Waals surface area (Å²) in [5, 5.41) is 4.92. The van der Waals surface area contributed by atoms with Crippen molar-refractivity contribution in [1.29, 1.82) is 0 Å². The minimum atomic E-state index is 0.265. The summed E-state index contributed by atoms with van der Waals surface area (Å²) in [5.74, 6) is 5.56. The Morgan fingerprint density at radius 3 is 2.68 bits per heavy atom. The van der Waals surface area contributed by atoms with Crippen molar-refractivity contribution in [3.8, 4) is 0 Å². The normalized spacial score (nSPS) is 52.7. The fourth-order valence-electron chi connectivity index (χ4n) is 7.28. The van der Waals surface area contributed by atoms with Crippen LogP contribution in [0.15, 0.2) is 11.6 Å². The lowest BCUT2D eigenvalue weighted by Crippen LogP contribution is -2.57. The Hall–Kier alpha value is -0.300. The van der Waals surface area contributed by atoms with Crippen LogP contribution in [0.2, 0.25) is 0 Å². The minimum Gasteiger partial charge on any atom is -0.659 e. The predicted octanol–water partition coefficient (Wildman–Crippen LogP) is 5.81. The van der Waals surface area contributed by atoms with E-state index in [0.717, 1.165) is 35.5 Å². The molecule has 4 rings (SSSR count). The van der Waals surface area contributed by atoms with Crippen molar-refractivity contribution in [2.75, 3.05) is 7.05 Å². The van der Waals surface area contributed by atoms with E-state index in [1.54, 1.807) is 0 Å². The highest BCUT2D eigenvalue weighted by molar-refractivity contribution is 5.27. The summed E-state index contributed by atoms with van der Waals surface area (Å²) in [6.45, 7) is 9.95. The van der Waals surface area contributed by atoms with Crippen LogP contribution in [0, 0.1) is 40.9 Å². The lowest BCUT2D eigenvalue weighted by molar-refractivity contribution is -0.0638. The molecule has 1 heteroatoms. The van der Waals surface area contributed by atoms with E-state index in [4.69, 9.17) is 5.32 Å². The van der Waals surface area contributed by atoms with Crippen molar-refractivity contribution in [1.82, 2.24) is 0 Å². The summed E-state index contributed by atoms with van der Waals surface area (Å²) in [6.07, 6.45) is 11.1. The maximum Gasteiger partial charge on any atom is -0.0141 e. The van der Waals surface area contributed by atoms with E-state index >= 15 is 0 Å². The van der Waals surface area contributed by atoms with Gasteiger partial charge < -0.3 is 5.32 Å². The third kappa shape index (κ3) is 2.07. The van der Waals surface area contributed by atoms with Gasteiger partial charge in [-0.15, -0.1) is 5.54 Å². The molecule has 22 heavy (non-hydrogen) atoms. The van der Waals surface area contributed by atoms with Gasteiger partial charge in [0.15, 0.2) is 0 Å². The summed E-state index contributed by atoms with van der Waals surface area (Å²) in [6, 6.07) is 0. The molecule has 0 aliphatic heterocycles. The van der Waals surface area contributed by atoms with Crippen LogP contribution in [-0.4, -0.2) is 12.6 Å². The number of rotatable bonds is 1. The molecule has 0 saturated heterocycles. The molecule has 7 atom stereocenters. The van der Waals surface area contributed by atoms with Crippen LogP contribution in [0.5, 0.6) is 0 Å². The first-order valence-corrected chi connectivity index (χ1v) is 9.67. The second-order valence-corrected chi connectivity index (χ2v) is 9.92. The maximum absolute atomic E-state index is 4.92. The SMILES string of the molecule is C[N-][C@@]1(C)CC[C@H]2[C@H]3[C@H]4C(=CC(C)(C)C[C@@H]4C[C@@H]2C)CC[C@@H]31. The lowest BCUT2D eigenvalue weighted by Gasteiger charge is -2.66. The van der Waals surface area contributed by atoms with Crippen LogP contribution in [0.1, 0.15) is 66.2 Å². The number of hydrogen-bond acceptors (Lipinski definition) is 0. The maximum atomic E-state index is 4.92. The number of allylic oxidation sites excluding steroid dienone is 2. The van der Waals surface area contributed by atoms with E-state index in [2.05, 4.69) is 40.8 Å². The molecule has 0 bridgehead atoms. The van der Waals surface area contributed by atoms with Gasteiger partial charge in [-0.2, -0.15) is 7.05 Å². The third-order valence-electron chi connectivity index (χ3n) is 8.12. The molecule has 0 heterocycles. The second kappa shape index (κ2) is 4.85. The van der Waals surface area contributed by atoms with Crippen molar-refractivity contribution < 1.29 is 0 Å². The zero-order chi connectivity index (χ0) is 15.7. The van der Waals surface area contributed by atoms with Gasteiger partial charge in [0.05, 0.1) is 0 Å². The Morgan fingerprint density at radius 2 is 1.95 bits per heavy atom. The second-order valence-electron chi connectivity index (χ2n) is 9.92. The third-order valence-corrected chi connectivity index (χ3v) is 8.12. The van der Waals surface area contributed by atoms with Crippen LogP contribution in [-0.2, 0) is 0 Å². The van der Waals surface area contributed by atoms with E-state index in [-0.39, 0.29) is 5.54 Å². The van der Waals surface area contributed by atoms with E-state index in [1.807, 2.05) is 5.57 Å². The van der Waals surface area contributed by atoms with Gasteiger partial charge in [-0.05, 0) is 60.7 Å². The topological polar surface area (TPSA) is 14.1 Å². The predicted molar refractivity (Wildman–Crippen MR) is 93.9 cm³/mol. The minimum absolute atomic E-state index is 0.265. The van der Waals surface area contributed by atoms with E-state index < -0.39 is 0 Å². The van der Waals surface area contributed by atoms with Gasteiger partial charge in [-0.25, -0.2) is 0 Å². The highest BCUT2D eigenvalue weighted by Crippen LogP contribution is 2.64. The summed E-state index contributed by atoms with van der Waals surface area (Å²) in [5.41, 5.74) is 2.55. The monoisotopic (exact) mass is 300 g/mol. The van der Waals surface area contributed by atoms with Gasteiger partial charge in [0.25, 0.3) is 0 Å². The first-order valence-electron chi connectivity index (χ1n) is 9.67. The van der Waals surface area contributed by atoms with Crippen LogP contribution < -0.4 is 0 Å². The van der Waals surface area contributed by atoms with Crippen molar-refractivity contribution in [3.05, 3.63) is 17.0 Å². The molecular weight excluding hydrogens is 266 g/mol. The molecule has 0 N–H and O–H groups in total. The molecule has 0 aromatic carbocycles. The highest BCUT2D eigenvalue weighted by atomic mass is 15.0. The molecule has 3 saturated carbocycles. The summed E-state index contributed by atoms with van der Waals surface area (Å²) in [4.78, 5) is 0. The fraction of sp³-hybridized carbons (Fsp3) is 0.905. The van der Waals surface area contributed by atoms with Crippen molar-refractivity contribution >= 4 is 0 Å². The van der Waals surface area contributed by atoms with Gasteiger partial charge >= 0.3 is 0 Å². The molecule has 4 aliphatic rings. The summed E-state index contributed by atoms with van der Waals surface area (Å²) < 4.78 is 0. The molecule has 0 aromatic rings. The summed E-state index contributed by atoms with van der Waals surface area (Å²) in [7, 11) is 2.08. The number of nitrogens with zero attached hydrogens (tertiary/aromatic N) is 1. The van der Waals surface area contributed by atoms with Gasteiger partial charge in [0, 0.05) is 0 Å². The molecule has 124 valence electrons. The zero-order valence-electron chi connectivity index (χ0n) is 15.2. The average Bonchev–Trinajstić information content (AvgIpc) is 2.45. The number of hydrogen-bond donors (Lipinski definition) is 0. The van der Waals surface area contributed by atoms with Gasteiger partial charge in [-0.3, -0.25) is 0 Å². The molecule has 0 unspecified atom stereocenters. The zero-order valence-corrected chi connectivity index (χ0v) is 15.2. The molecule has 3 fully saturated rings. The molecule has 0 radical (unpaired) electrons. The largest absolute Gasteiger partial charge is 0.659 e. The summed E-state index contributed by atoms with van der Waals surface area (Å²) >= 11 is 0. The van der Waals surface area contributed by atoms with Crippen LogP contribution in [0.25, 0.3) is 5.32 Å². The molecular formula is C21H34N-. The van der Waals surface area contributed by atoms with E-state index in [9.17, 15) is 0 Å². The Morgan fingerprint density at radius 1 is 1.18 bits per heavy atom. The Bertz CT molecular complexity index is 490. The Balaban J connectivity index is 1.77.